The van der Waals surface area contributed by atoms with E-state index < -0.39 is 0 Å². The third-order valence-electron chi connectivity index (χ3n) is 5.65. The SMILES string of the molecule is CNC(=O)c1cc(N2CCCCC2)c2c(C)c(-c3ccncc3)c(C)cc2n1. The summed E-state index contributed by atoms with van der Waals surface area (Å²) < 4.78 is 0. The van der Waals surface area contributed by atoms with Gasteiger partial charge in [-0.15, -0.1) is 0 Å². The Morgan fingerprint density at radius 3 is 2.46 bits per heavy atom. The number of rotatable bonds is 3. The molecule has 0 bridgehead atoms. The highest BCUT2D eigenvalue weighted by molar-refractivity contribution is 6.03. The normalized spacial score (nSPS) is 14.3. The minimum atomic E-state index is -0.145. The number of piperidine rings is 1. The summed E-state index contributed by atoms with van der Waals surface area (Å²) in [5.74, 6) is -0.145. The van der Waals surface area contributed by atoms with E-state index in [1.165, 1.54) is 30.4 Å². The van der Waals surface area contributed by atoms with Gasteiger partial charge in [-0.25, -0.2) is 4.98 Å². The van der Waals surface area contributed by atoms with Crippen molar-refractivity contribution in [3.8, 4) is 11.1 Å². The maximum absolute atomic E-state index is 12.4. The predicted molar refractivity (Wildman–Crippen MR) is 114 cm³/mol. The number of nitrogens with zero attached hydrogens (tertiary/aromatic N) is 3. The monoisotopic (exact) mass is 374 g/mol. The molecule has 0 radical (unpaired) electrons. The Kier molecular flexibility index (Phi) is 4.99. The van der Waals surface area contributed by atoms with Gasteiger partial charge in [0.15, 0.2) is 0 Å². The fraction of sp³-hybridized carbons (Fsp3) is 0.348. The third kappa shape index (κ3) is 3.21. The highest BCUT2D eigenvalue weighted by atomic mass is 16.1. The van der Waals surface area contributed by atoms with Crippen molar-refractivity contribution in [2.24, 2.45) is 0 Å². The molecule has 0 spiro atoms. The summed E-state index contributed by atoms with van der Waals surface area (Å²) >= 11 is 0. The molecule has 0 unspecified atom stereocenters. The molecule has 2 aromatic heterocycles. The molecule has 1 aromatic carbocycles. The zero-order valence-electron chi connectivity index (χ0n) is 16.7. The van der Waals surface area contributed by atoms with Gasteiger partial charge < -0.3 is 10.2 Å². The lowest BCUT2D eigenvalue weighted by Gasteiger charge is -2.31. The second-order valence-electron chi connectivity index (χ2n) is 7.48. The molecule has 3 heterocycles. The topological polar surface area (TPSA) is 58.1 Å². The van der Waals surface area contributed by atoms with Gasteiger partial charge in [-0.2, -0.15) is 0 Å². The second kappa shape index (κ2) is 7.58. The Balaban J connectivity index is 2.01. The van der Waals surface area contributed by atoms with E-state index in [9.17, 15) is 4.79 Å². The fourth-order valence-corrected chi connectivity index (χ4v) is 4.33. The number of hydrogen-bond donors (Lipinski definition) is 1. The number of hydrogen-bond acceptors (Lipinski definition) is 4. The minimum Gasteiger partial charge on any atom is -0.371 e. The van der Waals surface area contributed by atoms with Crippen molar-refractivity contribution < 1.29 is 4.79 Å². The standard InChI is InChI=1S/C23H26N4O/c1-15-13-18-22(16(2)21(15)17-7-9-25-10-8-17)20(27-11-5-4-6-12-27)14-19(26-18)23(28)24-3/h7-10,13-14H,4-6,11-12H2,1-3H3,(H,24,28). The van der Waals surface area contributed by atoms with Crippen LogP contribution in [-0.2, 0) is 0 Å². The molecule has 1 saturated heterocycles. The maximum atomic E-state index is 12.4. The van der Waals surface area contributed by atoms with Gasteiger partial charge in [-0.3, -0.25) is 9.78 Å². The Bertz CT molecular complexity index is 1020. The smallest absolute Gasteiger partial charge is 0.269 e. The molecule has 5 heteroatoms. The fourth-order valence-electron chi connectivity index (χ4n) is 4.33. The van der Waals surface area contributed by atoms with Crippen LogP contribution in [0.1, 0.15) is 40.9 Å². The number of carbonyl (C=O) groups excluding carboxylic acids is 1. The molecule has 0 atom stereocenters. The number of benzene rings is 1. The molecule has 28 heavy (non-hydrogen) atoms. The lowest BCUT2D eigenvalue weighted by molar-refractivity contribution is 0.0958. The van der Waals surface area contributed by atoms with E-state index in [0.717, 1.165) is 40.8 Å². The van der Waals surface area contributed by atoms with Crippen LogP contribution in [0.4, 0.5) is 5.69 Å². The quantitative estimate of drug-likeness (QED) is 0.744. The van der Waals surface area contributed by atoms with Crippen LogP contribution < -0.4 is 10.2 Å². The Hall–Kier alpha value is -2.95. The molecule has 1 aliphatic heterocycles. The van der Waals surface area contributed by atoms with Gasteiger partial charge in [0, 0.05) is 43.6 Å². The van der Waals surface area contributed by atoms with E-state index in [1.807, 2.05) is 30.6 Å². The first-order valence-corrected chi connectivity index (χ1v) is 9.92. The van der Waals surface area contributed by atoms with Crippen molar-refractivity contribution in [2.45, 2.75) is 33.1 Å². The first-order valence-electron chi connectivity index (χ1n) is 9.92. The Labute approximate surface area is 165 Å². The largest absolute Gasteiger partial charge is 0.371 e. The minimum absolute atomic E-state index is 0.145. The van der Waals surface area contributed by atoms with Gasteiger partial charge in [0.05, 0.1) is 5.52 Å². The summed E-state index contributed by atoms with van der Waals surface area (Å²) in [6.45, 7) is 6.31. The maximum Gasteiger partial charge on any atom is 0.269 e. The van der Waals surface area contributed by atoms with Crippen molar-refractivity contribution in [2.75, 3.05) is 25.0 Å². The van der Waals surface area contributed by atoms with Crippen LogP contribution >= 0.6 is 0 Å². The molecule has 1 amide bonds. The van der Waals surface area contributed by atoms with Crippen LogP contribution in [0.2, 0.25) is 0 Å². The molecule has 1 aliphatic rings. The van der Waals surface area contributed by atoms with Crippen molar-refractivity contribution >= 4 is 22.5 Å². The molecule has 0 saturated carbocycles. The number of pyridine rings is 2. The van der Waals surface area contributed by atoms with Gasteiger partial charge in [0.2, 0.25) is 0 Å². The lowest BCUT2D eigenvalue weighted by atomic mass is 9.91. The van der Waals surface area contributed by atoms with E-state index in [4.69, 9.17) is 4.98 Å². The summed E-state index contributed by atoms with van der Waals surface area (Å²) in [7, 11) is 1.65. The molecule has 5 nitrogen and oxygen atoms in total. The van der Waals surface area contributed by atoms with Crippen molar-refractivity contribution in [1.29, 1.82) is 0 Å². The summed E-state index contributed by atoms with van der Waals surface area (Å²) in [6.07, 6.45) is 7.29. The van der Waals surface area contributed by atoms with E-state index >= 15 is 0 Å². The van der Waals surface area contributed by atoms with Gasteiger partial charge >= 0.3 is 0 Å². The van der Waals surface area contributed by atoms with Crippen molar-refractivity contribution in [1.82, 2.24) is 15.3 Å². The second-order valence-corrected chi connectivity index (χ2v) is 7.48. The number of fused-ring (bicyclic) bond motifs is 1. The number of nitrogens with one attached hydrogen (secondary N) is 1. The summed E-state index contributed by atoms with van der Waals surface area (Å²) in [5, 5.41) is 3.86. The van der Waals surface area contributed by atoms with Gasteiger partial charge in [-0.1, -0.05) is 0 Å². The average molecular weight is 374 g/mol. The number of anilines is 1. The highest BCUT2D eigenvalue weighted by Gasteiger charge is 2.21. The molecular weight excluding hydrogens is 348 g/mol. The van der Waals surface area contributed by atoms with Gasteiger partial charge in [0.25, 0.3) is 5.91 Å². The zero-order chi connectivity index (χ0) is 19.7. The molecule has 1 N–H and O–H groups in total. The zero-order valence-corrected chi connectivity index (χ0v) is 16.7. The van der Waals surface area contributed by atoms with Crippen LogP contribution in [0, 0.1) is 13.8 Å². The average Bonchev–Trinajstić information content (AvgIpc) is 2.73. The first-order chi connectivity index (χ1) is 13.6. The molecule has 4 rings (SSSR count). The van der Waals surface area contributed by atoms with Crippen LogP contribution in [0.15, 0.2) is 36.7 Å². The van der Waals surface area contributed by atoms with Crippen molar-refractivity contribution in [3.63, 3.8) is 0 Å². The molecular formula is C23H26N4O. The van der Waals surface area contributed by atoms with Crippen LogP contribution in [0.3, 0.4) is 0 Å². The third-order valence-corrected chi connectivity index (χ3v) is 5.65. The molecule has 3 aromatic rings. The van der Waals surface area contributed by atoms with Crippen LogP contribution in [0.5, 0.6) is 0 Å². The molecule has 0 aliphatic carbocycles. The van der Waals surface area contributed by atoms with Crippen molar-refractivity contribution in [3.05, 3.63) is 53.5 Å². The Morgan fingerprint density at radius 2 is 1.79 bits per heavy atom. The summed E-state index contributed by atoms with van der Waals surface area (Å²) in [4.78, 5) is 23.6. The molecule has 1 fully saturated rings. The summed E-state index contributed by atoms with van der Waals surface area (Å²) in [5.41, 5.74) is 7.23. The van der Waals surface area contributed by atoms with Crippen LogP contribution in [0.25, 0.3) is 22.0 Å². The number of aryl methyl sites for hydroxylation is 2. The molecule has 144 valence electrons. The highest BCUT2D eigenvalue weighted by Crippen LogP contribution is 2.38. The van der Waals surface area contributed by atoms with Gasteiger partial charge in [0.1, 0.15) is 5.69 Å². The number of aromatic nitrogens is 2. The van der Waals surface area contributed by atoms with E-state index in [1.54, 1.807) is 7.05 Å². The van der Waals surface area contributed by atoms with Gasteiger partial charge in [-0.05, 0) is 79.6 Å². The predicted octanol–water partition coefficient (Wildman–Crippen LogP) is 4.26. The first kappa shape index (κ1) is 18.4. The van der Waals surface area contributed by atoms with E-state index in [2.05, 4.69) is 35.1 Å². The van der Waals surface area contributed by atoms with E-state index in [-0.39, 0.29) is 5.91 Å². The lowest BCUT2D eigenvalue weighted by Crippen LogP contribution is -2.30. The number of amides is 1. The number of carbonyl (C=O) groups is 1. The Morgan fingerprint density at radius 1 is 1.07 bits per heavy atom. The van der Waals surface area contributed by atoms with Crippen LogP contribution in [-0.4, -0.2) is 36.0 Å². The summed E-state index contributed by atoms with van der Waals surface area (Å²) in [6, 6.07) is 8.17. The van der Waals surface area contributed by atoms with E-state index in [0.29, 0.717) is 5.69 Å².